The van der Waals surface area contributed by atoms with Gasteiger partial charge < -0.3 is 5.32 Å². The van der Waals surface area contributed by atoms with E-state index < -0.39 is 10.0 Å². The molecule has 1 heterocycles. The number of pyridine rings is 1. The standard InChI is InChI=1S/C13H12N4O2S/c1-20(18,19)17-13-6-5-12(9-15-13)16-11-4-2-3-10(7-11)8-14/h2-7,9,16H,1H3,(H,15,17). The molecule has 7 heteroatoms. The van der Waals surface area contributed by atoms with Gasteiger partial charge in [-0.15, -0.1) is 0 Å². The minimum atomic E-state index is -3.33. The van der Waals surface area contributed by atoms with Crippen molar-refractivity contribution < 1.29 is 8.42 Å². The molecule has 0 atom stereocenters. The van der Waals surface area contributed by atoms with E-state index in [0.29, 0.717) is 11.3 Å². The Balaban J connectivity index is 2.13. The predicted octanol–water partition coefficient (Wildman–Crippen LogP) is 2.07. The number of rotatable bonds is 4. The molecule has 0 aliphatic heterocycles. The van der Waals surface area contributed by atoms with Crippen LogP contribution in [0.15, 0.2) is 42.6 Å². The summed E-state index contributed by atoms with van der Waals surface area (Å²) in [5.74, 6) is 0.254. The molecule has 0 unspecified atom stereocenters. The van der Waals surface area contributed by atoms with Crippen LogP contribution in [0.4, 0.5) is 17.2 Å². The third-order valence-electron chi connectivity index (χ3n) is 2.33. The minimum absolute atomic E-state index is 0.254. The zero-order chi connectivity index (χ0) is 14.6. The summed E-state index contributed by atoms with van der Waals surface area (Å²) in [6.45, 7) is 0. The molecule has 0 radical (unpaired) electrons. The van der Waals surface area contributed by atoms with E-state index in [1.807, 2.05) is 6.07 Å². The molecule has 6 nitrogen and oxygen atoms in total. The number of benzene rings is 1. The molecule has 20 heavy (non-hydrogen) atoms. The van der Waals surface area contributed by atoms with Crippen molar-refractivity contribution in [1.82, 2.24) is 4.98 Å². The zero-order valence-corrected chi connectivity index (χ0v) is 11.5. The maximum Gasteiger partial charge on any atom is 0.230 e. The molecule has 1 aromatic carbocycles. The van der Waals surface area contributed by atoms with Crippen molar-refractivity contribution in [2.24, 2.45) is 0 Å². The smallest absolute Gasteiger partial charge is 0.230 e. The molecule has 0 aliphatic carbocycles. The Hall–Kier alpha value is -2.59. The molecular weight excluding hydrogens is 276 g/mol. The predicted molar refractivity (Wildman–Crippen MR) is 77.1 cm³/mol. The topological polar surface area (TPSA) is 94.9 Å². The van der Waals surface area contributed by atoms with Gasteiger partial charge in [0.2, 0.25) is 10.0 Å². The van der Waals surface area contributed by atoms with Crippen LogP contribution >= 0.6 is 0 Å². The minimum Gasteiger partial charge on any atom is -0.354 e. The van der Waals surface area contributed by atoms with Crippen molar-refractivity contribution >= 4 is 27.2 Å². The lowest BCUT2D eigenvalue weighted by Crippen LogP contribution is -2.10. The van der Waals surface area contributed by atoms with E-state index in [2.05, 4.69) is 21.1 Å². The number of sulfonamides is 1. The second kappa shape index (κ2) is 5.59. The van der Waals surface area contributed by atoms with E-state index in [4.69, 9.17) is 5.26 Å². The van der Waals surface area contributed by atoms with Crippen LogP contribution in [-0.4, -0.2) is 19.7 Å². The SMILES string of the molecule is CS(=O)(=O)Nc1ccc(Nc2cccc(C#N)c2)cn1. The van der Waals surface area contributed by atoms with Crippen molar-refractivity contribution in [1.29, 1.82) is 5.26 Å². The molecule has 0 amide bonds. The first-order valence-electron chi connectivity index (χ1n) is 5.67. The summed E-state index contributed by atoms with van der Waals surface area (Å²) in [5.41, 5.74) is 2.01. The maximum atomic E-state index is 11.0. The summed E-state index contributed by atoms with van der Waals surface area (Å²) in [4.78, 5) is 3.99. The number of nitriles is 1. The Kier molecular flexibility index (Phi) is 3.86. The third-order valence-corrected chi connectivity index (χ3v) is 2.91. The summed E-state index contributed by atoms with van der Waals surface area (Å²) in [6.07, 6.45) is 2.57. The molecule has 2 rings (SSSR count). The molecule has 0 spiro atoms. The molecule has 0 saturated heterocycles. The number of hydrogen-bond donors (Lipinski definition) is 2. The van der Waals surface area contributed by atoms with Gasteiger partial charge in [0, 0.05) is 5.69 Å². The van der Waals surface area contributed by atoms with Gasteiger partial charge >= 0.3 is 0 Å². The van der Waals surface area contributed by atoms with E-state index in [0.717, 1.165) is 11.9 Å². The van der Waals surface area contributed by atoms with Gasteiger partial charge in [-0.25, -0.2) is 13.4 Å². The van der Waals surface area contributed by atoms with Gasteiger partial charge in [0.1, 0.15) is 5.82 Å². The summed E-state index contributed by atoms with van der Waals surface area (Å²) in [6, 6.07) is 12.3. The fourth-order valence-corrected chi connectivity index (χ4v) is 2.05. The van der Waals surface area contributed by atoms with Gasteiger partial charge in [0.15, 0.2) is 0 Å². The molecule has 0 bridgehead atoms. The lowest BCUT2D eigenvalue weighted by atomic mass is 10.2. The van der Waals surface area contributed by atoms with Crippen molar-refractivity contribution in [2.75, 3.05) is 16.3 Å². The van der Waals surface area contributed by atoms with Crippen LogP contribution in [0.5, 0.6) is 0 Å². The van der Waals surface area contributed by atoms with Gasteiger partial charge in [-0.3, -0.25) is 4.72 Å². The van der Waals surface area contributed by atoms with Crippen LogP contribution in [0.1, 0.15) is 5.56 Å². The van der Waals surface area contributed by atoms with Gasteiger partial charge in [0.25, 0.3) is 0 Å². The molecular formula is C13H12N4O2S. The Morgan fingerprint density at radius 3 is 2.60 bits per heavy atom. The van der Waals surface area contributed by atoms with E-state index in [-0.39, 0.29) is 5.82 Å². The first-order chi connectivity index (χ1) is 9.46. The summed E-state index contributed by atoms with van der Waals surface area (Å²) in [7, 11) is -3.33. The van der Waals surface area contributed by atoms with Crippen molar-refractivity contribution in [3.8, 4) is 6.07 Å². The van der Waals surface area contributed by atoms with E-state index >= 15 is 0 Å². The average Bonchev–Trinajstić information content (AvgIpc) is 2.40. The molecule has 102 valence electrons. The van der Waals surface area contributed by atoms with Gasteiger partial charge in [-0.1, -0.05) is 6.07 Å². The molecule has 2 N–H and O–H groups in total. The largest absolute Gasteiger partial charge is 0.354 e. The highest BCUT2D eigenvalue weighted by molar-refractivity contribution is 7.92. The monoisotopic (exact) mass is 288 g/mol. The number of nitrogens with one attached hydrogen (secondary N) is 2. The summed E-state index contributed by atoms with van der Waals surface area (Å²) in [5, 5.41) is 11.9. The first-order valence-corrected chi connectivity index (χ1v) is 7.56. The Morgan fingerprint density at radius 2 is 2.00 bits per heavy atom. The van der Waals surface area contributed by atoms with Crippen molar-refractivity contribution in [3.63, 3.8) is 0 Å². The molecule has 0 saturated carbocycles. The van der Waals surface area contributed by atoms with E-state index in [9.17, 15) is 8.42 Å². The third kappa shape index (κ3) is 3.96. The number of anilines is 3. The van der Waals surface area contributed by atoms with Crippen LogP contribution in [0, 0.1) is 11.3 Å². The van der Waals surface area contributed by atoms with Gasteiger partial charge in [-0.05, 0) is 30.3 Å². The molecule has 0 aliphatic rings. The summed E-state index contributed by atoms with van der Waals surface area (Å²) >= 11 is 0. The van der Waals surface area contributed by atoms with Crippen molar-refractivity contribution in [2.45, 2.75) is 0 Å². The lowest BCUT2D eigenvalue weighted by Gasteiger charge is -2.07. The highest BCUT2D eigenvalue weighted by Gasteiger charge is 2.03. The first kappa shape index (κ1) is 13.8. The second-order valence-electron chi connectivity index (χ2n) is 4.12. The highest BCUT2D eigenvalue weighted by Crippen LogP contribution is 2.18. The molecule has 0 fully saturated rings. The Labute approximate surface area is 117 Å². The number of aromatic nitrogens is 1. The van der Waals surface area contributed by atoms with Crippen LogP contribution in [0.2, 0.25) is 0 Å². The molecule has 2 aromatic rings. The quantitative estimate of drug-likeness (QED) is 0.898. The normalized spacial score (nSPS) is 10.6. The summed E-state index contributed by atoms with van der Waals surface area (Å²) < 4.78 is 24.4. The van der Waals surface area contributed by atoms with Crippen LogP contribution in [0.3, 0.4) is 0 Å². The highest BCUT2D eigenvalue weighted by atomic mass is 32.2. The van der Waals surface area contributed by atoms with Gasteiger partial charge in [-0.2, -0.15) is 5.26 Å². The van der Waals surface area contributed by atoms with Crippen LogP contribution in [0.25, 0.3) is 0 Å². The molecule has 1 aromatic heterocycles. The fraction of sp³-hybridized carbons (Fsp3) is 0.0769. The van der Waals surface area contributed by atoms with Crippen LogP contribution < -0.4 is 10.0 Å². The Bertz CT molecular complexity index is 749. The Morgan fingerprint density at radius 1 is 1.20 bits per heavy atom. The van der Waals surface area contributed by atoms with E-state index in [1.54, 1.807) is 30.3 Å². The number of hydrogen-bond acceptors (Lipinski definition) is 5. The van der Waals surface area contributed by atoms with Crippen LogP contribution in [-0.2, 0) is 10.0 Å². The van der Waals surface area contributed by atoms with E-state index in [1.165, 1.54) is 6.20 Å². The average molecular weight is 288 g/mol. The lowest BCUT2D eigenvalue weighted by molar-refractivity contribution is 0.606. The van der Waals surface area contributed by atoms with Crippen molar-refractivity contribution in [3.05, 3.63) is 48.2 Å². The van der Waals surface area contributed by atoms with Gasteiger partial charge in [0.05, 0.1) is 29.8 Å². The maximum absolute atomic E-state index is 11.0. The number of nitrogens with zero attached hydrogens (tertiary/aromatic N) is 2. The fourth-order valence-electron chi connectivity index (χ4n) is 1.55. The second-order valence-corrected chi connectivity index (χ2v) is 5.87. The zero-order valence-electron chi connectivity index (χ0n) is 10.7.